The first-order valence-electron chi connectivity index (χ1n) is 8.50. The molecule has 0 saturated carbocycles. The summed E-state index contributed by atoms with van der Waals surface area (Å²) in [5.41, 5.74) is 2.79. The number of para-hydroxylation sites is 1. The van der Waals surface area contributed by atoms with E-state index < -0.39 is 0 Å². The molecular weight excluding hydrogens is 258 g/mol. The molecule has 1 aliphatic rings. The summed E-state index contributed by atoms with van der Waals surface area (Å²) < 4.78 is 0. The van der Waals surface area contributed by atoms with Gasteiger partial charge in [-0.25, -0.2) is 0 Å². The molecule has 1 saturated heterocycles. The van der Waals surface area contributed by atoms with Crippen LogP contribution < -0.4 is 10.2 Å². The number of likely N-dealkylation sites (tertiary alicyclic amines) is 1. The number of anilines is 1. The summed E-state index contributed by atoms with van der Waals surface area (Å²) in [6.07, 6.45) is 3.88. The quantitative estimate of drug-likeness (QED) is 0.742. The van der Waals surface area contributed by atoms with Gasteiger partial charge in [-0.3, -0.25) is 4.90 Å². The summed E-state index contributed by atoms with van der Waals surface area (Å²) >= 11 is 0. The van der Waals surface area contributed by atoms with Crippen LogP contribution in [0.1, 0.15) is 38.7 Å². The predicted molar refractivity (Wildman–Crippen MR) is 92.0 cm³/mol. The van der Waals surface area contributed by atoms with Crippen LogP contribution in [0.2, 0.25) is 0 Å². The van der Waals surface area contributed by atoms with E-state index in [0.29, 0.717) is 0 Å². The Bertz CT molecular complexity index is 419. The minimum absolute atomic E-state index is 0.719. The zero-order valence-electron chi connectivity index (χ0n) is 13.9. The molecule has 21 heavy (non-hydrogen) atoms. The second-order valence-electron chi connectivity index (χ2n) is 6.11. The molecule has 3 nitrogen and oxygen atoms in total. The molecule has 118 valence electrons. The minimum atomic E-state index is 0.719. The number of nitrogens with zero attached hydrogens (tertiary/aromatic N) is 2. The predicted octanol–water partition coefficient (Wildman–Crippen LogP) is 3.11. The zero-order valence-corrected chi connectivity index (χ0v) is 13.9. The van der Waals surface area contributed by atoms with Gasteiger partial charge in [0.05, 0.1) is 0 Å². The van der Waals surface area contributed by atoms with Gasteiger partial charge in [-0.15, -0.1) is 0 Å². The van der Waals surface area contributed by atoms with Gasteiger partial charge in [0, 0.05) is 31.9 Å². The normalized spacial score (nSPS) is 19.1. The number of hydrogen-bond acceptors (Lipinski definition) is 3. The minimum Gasteiger partial charge on any atom is -0.373 e. The van der Waals surface area contributed by atoms with Crippen molar-refractivity contribution in [2.45, 2.75) is 45.7 Å². The highest BCUT2D eigenvalue weighted by molar-refractivity contribution is 5.53. The Morgan fingerprint density at radius 2 is 2.10 bits per heavy atom. The van der Waals surface area contributed by atoms with E-state index >= 15 is 0 Å². The van der Waals surface area contributed by atoms with Crippen molar-refractivity contribution < 1.29 is 0 Å². The summed E-state index contributed by atoms with van der Waals surface area (Å²) in [6.45, 7) is 10.1. The van der Waals surface area contributed by atoms with Gasteiger partial charge in [-0.05, 0) is 50.5 Å². The smallest absolute Gasteiger partial charge is 0.0409 e. The first-order chi connectivity index (χ1) is 10.3. The molecule has 1 N–H and O–H groups in total. The molecular formula is C18H31N3. The number of hydrogen-bond donors (Lipinski definition) is 1. The lowest BCUT2D eigenvalue weighted by molar-refractivity contribution is 0.270. The fourth-order valence-electron chi connectivity index (χ4n) is 3.37. The molecule has 1 aromatic rings. The largest absolute Gasteiger partial charge is 0.373 e. The molecule has 3 heteroatoms. The summed E-state index contributed by atoms with van der Waals surface area (Å²) in [7, 11) is 2.24. The Kier molecular flexibility index (Phi) is 6.52. The summed E-state index contributed by atoms with van der Waals surface area (Å²) in [4.78, 5) is 5.07. The van der Waals surface area contributed by atoms with E-state index in [4.69, 9.17) is 0 Å². The Labute approximate surface area is 130 Å². The first-order valence-corrected chi connectivity index (χ1v) is 8.50. The van der Waals surface area contributed by atoms with Crippen molar-refractivity contribution in [2.75, 3.05) is 38.1 Å². The van der Waals surface area contributed by atoms with Crippen molar-refractivity contribution in [3.05, 3.63) is 29.8 Å². The maximum absolute atomic E-state index is 3.52. The third kappa shape index (κ3) is 4.45. The summed E-state index contributed by atoms with van der Waals surface area (Å²) in [5.74, 6) is 0. The maximum Gasteiger partial charge on any atom is 0.0409 e. The lowest BCUT2D eigenvalue weighted by Crippen LogP contribution is -2.39. The average molecular weight is 289 g/mol. The topological polar surface area (TPSA) is 18.5 Å². The monoisotopic (exact) mass is 289 g/mol. The van der Waals surface area contributed by atoms with Crippen LogP contribution in [0.3, 0.4) is 0 Å². The molecule has 0 bridgehead atoms. The van der Waals surface area contributed by atoms with E-state index in [1.807, 2.05) is 0 Å². The third-order valence-electron chi connectivity index (χ3n) is 4.53. The molecule has 1 unspecified atom stereocenters. The van der Waals surface area contributed by atoms with Gasteiger partial charge >= 0.3 is 0 Å². The molecule has 0 aromatic heterocycles. The maximum atomic E-state index is 3.52. The van der Waals surface area contributed by atoms with Crippen LogP contribution in [-0.2, 0) is 6.54 Å². The van der Waals surface area contributed by atoms with Crippen LogP contribution in [0.25, 0.3) is 0 Å². The van der Waals surface area contributed by atoms with Crippen LogP contribution in [0.15, 0.2) is 24.3 Å². The molecule has 0 spiro atoms. The van der Waals surface area contributed by atoms with E-state index in [0.717, 1.165) is 25.7 Å². The highest BCUT2D eigenvalue weighted by Crippen LogP contribution is 2.23. The molecule has 1 fully saturated rings. The van der Waals surface area contributed by atoms with E-state index in [9.17, 15) is 0 Å². The van der Waals surface area contributed by atoms with Crippen LogP contribution in [0, 0.1) is 0 Å². The van der Waals surface area contributed by atoms with Crippen LogP contribution in [-0.4, -0.2) is 44.2 Å². The Balaban J connectivity index is 1.99. The van der Waals surface area contributed by atoms with Crippen molar-refractivity contribution >= 4 is 5.69 Å². The van der Waals surface area contributed by atoms with Gasteiger partial charge in [-0.1, -0.05) is 32.0 Å². The number of likely N-dealkylation sites (N-methyl/N-ethyl adjacent to an activating group) is 2. The van der Waals surface area contributed by atoms with Gasteiger partial charge < -0.3 is 10.2 Å². The van der Waals surface area contributed by atoms with Crippen LogP contribution >= 0.6 is 0 Å². The van der Waals surface area contributed by atoms with E-state index in [1.165, 1.54) is 43.6 Å². The van der Waals surface area contributed by atoms with Crippen LogP contribution in [0.4, 0.5) is 5.69 Å². The fourth-order valence-corrected chi connectivity index (χ4v) is 3.37. The summed E-state index contributed by atoms with van der Waals surface area (Å²) in [6, 6.07) is 9.53. The van der Waals surface area contributed by atoms with Gasteiger partial charge in [-0.2, -0.15) is 0 Å². The number of nitrogens with one attached hydrogen (secondary N) is 1. The molecule has 1 heterocycles. The Hall–Kier alpha value is -1.06. The Morgan fingerprint density at radius 1 is 1.29 bits per heavy atom. The zero-order chi connectivity index (χ0) is 15.1. The van der Waals surface area contributed by atoms with Crippen LogP contribution in [0.5, 0.6) is 0 Å². The number of benzene rings is 1. The van der Waals surface area contributed by atoms with Gasteiger partial charge in [0.1, 0.15) is 0 Å². The first kappa shape index (κ1) is 16.3. The van der Waals surface area contributed by atoms with Gasteiger partial charge in [0.25, 0.3) is 0 Å². The molecule has 1 aromatic carbocycles. The van der Waals surface area contributed by atoms with Crippen molar-refractivity contribution in [1.82, 2.24) is 10.2 Å². The van der Waals surface area contributed by atoms with Gasteiger partial charge in [0.2, 0.25) is 0 Å². The van der Waals surface area contributed by atoms with E-state index in [1.54, 1.807) is 0 Å². The van der Waals surface area contributed by atoms with Crippen molar-refractivity contribution in [1.29, 1.82) is 0 Å². The average Bonchev–Trinajstić information content (AvgIpc) is 2.95. The number of rotatable bonds is 8. The van der Waals surface area contributed by atoms with Crippen molar-refractivity contribution in [3.63, 3.8) is 0 Å². The highest BCUT2D eigenvalue weighted by atomic mass is 15.2. The second kappa shape index (κ2) is 8.40. The summed E-state index contributed by atoms with van der Waals surface area (Å²) in [5, 5.41) is 3.52. The molecule has 0 radical (unpaired) electrons. The van der Waals surface area contributed by atoms with Crippen molar-refractivity contribution in [3.8, 4) is 0 Å². The third-order valence-corrected chi connectivity index (χ3v) is 4.53. The fraction of sp³-hybridized carbons (Fsp3) is 0.667. The molecule has 0 aliphatic carbocycles. The second-order valence-corrected chi connectivity index (χ2v) is 6.11. The van der Waals surface area contributed by atoms with Gasteiger partial charge in [0.15, 0.2) is 0 Å². The molecule has 1 aliphatic heterocycles. The van der Waals surface area contributed by atoms with E-state index in [2.05, 4.69) is 60.3 Å². The van der Waals surface area contributed by atoms with E-state index in [-0.39, 0.29) is 0 Å². The molecule has 2 rings (SSSR count). The molecule has 0 amide bonds. The standard InChI is InChI=1S/C18H31N3/c1-4-12-19-14-16-9-6-7-11-18(16)20(3)15-17-10-8-13-21(17)5-2/h6-7,9,11,17,19H,4-5,8,10,12-15H2,1-3H3. The van der Waals surface area contributed by atoms with Crippen molar-refractivity contribution in [2.24, 2.45) is 0 Å². The SMILES string of the molecule is CCCNCc1ccccc1N(C)CC1CCCN1CC. The lowest BCUT2D eigenvalue weighted by atomic mass is 10.1. The highest BCUT2D eigenvalue weighted by Gasteiger charge is 2.24. The lowest BCUT2D eigenvalue weighted by Gasteiger charge is -2.30. The Morgan fingerprint density at radius 3 is 2.86 bits per heavy atom. The molecule has 1 atom stereocenters.